The van der Waals surface area contributed by atoms with Crippen LogP contribution in [-0.2, 0) is 12.8 Å². The van der Waals surface area contributed by atoms with Crippen molar-refractivity contribution < 1.29 is 14.3 Å². The number of hydrogen-bond donors (Lipinski definition) is 0. The topological polar surface area (TPSA) is 35.5 Å². The zero-order valence-corrected chi connectivity index (χ0v) is 16.9. The molecule has 0 aliphatic heterocycles. The predicted octanol–water partition coefficient (Wildman–Crippen LogP) is 5.50. The molecule has 2 aromatic carbocycles. The number of Topliss-reactive ketones (excluding diaryl/α,β-unsaturated/α-hetero) is 1. The van der Waals surface area contributed by atoms with Gasteiger partial charge in [-0.15, -0.1) is 0 Å². The van der Waals surface area contributed by atoms with Gasteiger partial charge < -0.3 is 9.47 Å². The van der Waals surface area contributed by atoms with Gasteiger partial charge in [-0.25, -0.2) is 0 Å². The van der Waals surface area contributed by atoms with Crippen molar-refractivity contribution in [2.45, 2.75) is 44.9 Å². The predicted molar refractivity (Wildman–Crippen MR) is 111 cm³/mol. The molecular weight excluding hydrogens is 348 g/mol. The van der Waals surface area contributed by atoms with Crippen molar-refractivity contribution in [1.29, 1.82) is 0 Å². The molecule has 2 aromatic rings. The van der Waals surface area contributed by atoms with E-state index in [0.717, 1.165) is 35.6 Å². The van der Waals surface area contributed by atoms with Crippen LogP contribution in [0, 0.1) is 17.8 Å². The third-order valence-corrected chi connectivity index (χ3v) is 6.66. The molecule has 0 bridgehead atoms. The van der Waals surface area contributed by atoms with Crippen LogP contribution in [0.2, 0.25) is 0 Å². The zero-order chi connectivity index (χ0) is 19.5. The van der Waals surface area contributed by atoms with Crippen LogP contribution in [0.3, 0.4) is 0 Å². The molecule has 0 saturated heterocycles. The fourth-order valence-electron chi connectivity index (χ4n) is 5.11. The summed E-state index contributed by atoms with van der Waals surface area (Å²) in [6, 6.07) is 14.7. The summed E-state index contributed by atoms with van der Waals surface area (Å²) in [5.41, 5.74) is 3.40. The zero-order valence-electron chi connectivity index (χ0n) is 16.9. The number of ether oxygens (including phenoxy) is 2. The molecule has 3 nitrogen and oxygen atoms in total. The highest BCUT2D eigenvalue weighted by Crippen LogP contribution is 2.41. The van der Waals surface area contributed by atoms with Crippen LogP contribution in [0.5, 0.6) is 11.5 Å². The van der Waals surface area contributed by atoms with Crippen molar-refractivity contribution in [1.82, 2.24) is 0 Å². The first-order valence-electron chi connectivity index (χ1n) is 10.5. The fourth-order valence-corrected chi connectivity index (χ4v) is 5.11. The number of carbonyl (C=O) groups is 1. The van der Waals surface area contributed by atoms with E-state index in [-0.39, 0.29) is 5.92 Å². The van der Waals surface area contributed by atoms with Gasteiger partial charge >= 0.3 is 0 Å². The van der Waals surface area contributed by atoms with Gasteiger partial charge in [0.1, 0.15) is 0 Å². The van der Waals surface area contributed by atoms with E-state index in [0.29, 0.717) is 17.5 Å². The molecule has 1 saturated carbocycles. The minimum absolute atomic E-state index is 0.127. The molecule has 0 N–H and O–H groups in total. The van der Waals surface area contributed by atoms with Gasteiger partial charge in [-0.1, -0.05) is 43.2 Å². The third kappa shape index (κ3) is 3.94. The molecule has 1 atom stereocenters. The average Bonchev–Trinajstić information content (AvgIpc) is 3.03. The Kier molecular flexibility index (Phi) is 5.70. The molecule has 148 valence electrons. The summed E-state index contributed by atoms with van der Waals surface area (Å²) in [4.78, 5) is 12.9. The summed E-state index contributed by atoms with van der Waals surface area (Å²) < 4.78 is 10.8. The Bertz CT molecular complexity index is 819. The number of carbonyl (C=O) groups excluding carboxylic acids is 1. The molecule has 2 aliphatic rings. The van der Waals surface area contributed by atoms with Crippen molar-refractivity contribution in [2.75, 3.05) is 14.2 Å². The maximum Gasteiger partial charge on any atom is 0.166 e. The van der Waals surface area contributed by atoms with E-state index in [1.807, 2.05) is 12.1 Å². The Balaban J connectivity index is 1.34. The Morgan fingerprint density at radius 2 is 1.54 bits per heavy atom. The van der Waals surface area contributed by atoms with Crippen molar-refractivity contribution in [3.05, 3.63) is 59.2 Å². The Labute approximate surface area is 168 Å². The number of methoxy groups -OCH3 is 2. The van der Waals surface area contributed by atoms with Gasteiger partial charge in [-0.2, -0.15) is 0 Å². The normalized spacial score (nSPS) is 24.1. The summed E-state index contributed by atoms with van der Waals surface area (Å²) in [5.74, 6) is 3.26. The SMILES string of the molecule is COc1cc2c(cc1OC)C(=O)C(CC1CCC(Cc3ccccc3)CC1)C2. The number of benzene rings is 2. The molecule has 0 heterocycles. The maximum absolute atomic E-state index is 12.9. The lowest BCUT2D eigenvalue weighted by molar-refractivity contribution is 0.0907. The first-order valence-corrected chi connectivity index (χ1v) is 10.5. The second-order valence-corrected chi connectivity index (χ2v) is 8.44. The lowest BCUT2D eigenvalue weighted by Crippen LogP contribution is -2.21. The molecule has 28 heavy (non-hydrogen) atoms. The second-order valence-electron chi connectivity index (χ2n) is 8.44. The van der Waals surface area contributed by atoms with Crippen molar-refractivity contribution in [3.63, 3.8) is 0 Å². The van der Waals surface area contributed by atoms with Gasteiger partial charge in [-0.3, -0.25) is 4.79 Å². The monoisotopic (exact) mass is 378 g/mol. The van der Waals surface area contributed by atoms with Crippen LogP contribution < -0.4 is 9.47 Å². The molecule has 2 aliphatic carbocycles. The first-order chi connectivity index (χ1) is 13.7. The van der Waals surface area contributed by atoms with Crippen LogP contribution in [-0.4, -0.2) is 20.0 Å². The highest BCUT2D eigenvalue weighted by atomic mass is 16.5. The van der Waals surface area contributed by atoms with Crippen molar-refractivity contribution in [2.24, 2.45) is 17.8 Å². The molecule has 1 fully saturated rings. The van der Waals surface area contributed by atoms with Gasteiger partial charge in [0, 0.05) is 11.5 Å². The molecule has 1 unspecified atom stereocenters. The second kappa shape index (κ2) is 8.38. The van der Waals surface area contributed by atoms with E-state index in [1.165, 1.54) is 37.7 Å². The summed E-state index contributed by atoms with van der Waals surface area (Å²) >= 11 is 0. The molecule has 0 amide bonds. The summed E-state index contributed by atoms with van der Waals surface area (Å²) in [7, 11) is 3.27. The van der Waals surface area contributed by atoms with Gasteiger partial charge in [-0.05, 0) is 67.2 Å². The molecule has 3 heteroatoms. The summed E-state index contributed by atoms with van der Waals surface area (Å²) in [6.45, 7) is 0. The van der Waals surface area contributed by atoms with Crippen molar-refractivity contribution in [3.8, 4) is 11.5 Å². The van der Waals surface area contributed by atoms with Crippen molar-refractivity contribution >= 4 is 5.78 Å². The van der Waals surface area contributed by atoms with E-state index in [9.17, 15) is 4.79 Å². The fraction of sp³-hybridized carbons (Fsp3) is 0.480. The standard InChI is InChI=1S/C25H30O3/c1-27-23-15-20-14-21(25(26)22(20)16-24(23)28-2)13-19-10-8-18(9-11-19)12-17-6-4-3-5-7-17/h3-7,15-16,18-19,21H,8-14H2,1-2H3. The number of hydrogen-bond acceptors (Lipinski definition) is 3. The largest absolute Gasteiger partial charge is 0.493 e. The highest BCUT2D eigenvalue weighted by Gasteiger charge is 2.34. The van der Waals surface area contributed by atoms with E-state index in [1.54, 1.807) is 14.2 Å². The van der Waals surface area contributed by atoms with Gasteiger partial charge in [0.05, 0.1) is 14.2 Å². The Morgan fingerprint density at radius 1 is 0.893 bits per heavy atom. The molecule has 0 radical (unpaired) electrons. The highest BCUT2D eigenvalue weighted by molar-refractivity contribution is 6.02. The molecule has 4 rings (SSSR count). The number of rotatable bonds is 6. The Hall–Kier alpha value is -2.29. The first kappa shape index (κ1) is 19.0. The molecule has 0 aromatic heterocycles. The smallest absolute Gasteiger partial charge is 0.166 e. The maximum atomic E-state index is 12.9. The quantitative estimate of drug-likeness (QED) is 0.666. The van der Waals surface area contributed by atoms with Gasteiger partial charge in [0.2, 0.25) is 0 Å². The van der Waals surface area contributed by atoms with E-state index in [2.05, 4.69) is 30.3 Å². The third-order valence-electron chi connectivity index (χ3n) is 6.66. The average molecular weight is 379 g/mol. The molecule has 0 spiro atoms. The number of fused-ring (bicyclic) bond motifs is 1. The minimum Gasteiger partial charge on any atom is -0.493 e. The Morgan fingerprint density at radius 3 is 2.21 bits per heavy atom. The van der Waals surface area contributed by atoms with Crippen LogP contribution in [0.25, 0.3) is 0 Å². The lowest BCUT2D eigenvalue weighted by Gasteiger charge is -2.30. The van der Waals surface area contributed by atoms with E-state index in [4.69, 9.17) is 9.47 Å². The summed E-state index contributed by atoms with van der Waals surface area (Å²) in [6.07, 6.45) is 8.15. The van der Waals surface area contributed by atoms with Crippen LogP contribution in [0.1, 0.15) is 53.6 Å². The van der Waals surface area contributed by atoms with E-state index < -0.39 is 0 Å². The van der Waals surface area contributed by atoms with Crippen LogP contribution in [0.4, 0.5) is 0 Å². The minimum atomic E-state index is 0.127. The van der Waals surface area contributed by atoms with Gasteiger partial charge in [0.15, 0.2) is 17.3 Å². The van der Waals surface area contributed by atoms with E-state index >= 15 is 0 Å². The lowest BCUT2D eigenvalue weighted by atomic mass is 9.75. The van der Waals surface area contributed by atoms with Crippen LogP contribution >= 0.6 is 0 Å². The number of ketones is 1. The summed E-state index contributed by atoms with van der Waals surface area (Å²) in [5, 5.41) is 0. The van der Waals surface area contributed by atoms with Crippen LogP contribution in [0.15, 0.2) is 42.5 Å². The van der Waals surface area contributed by atoms with Gasteiger partial charge in [0.25, 0.3) is 0 Å². The molecular formula is C25H30O3.